The average molecular weight is 287 g/mol. The van der Waals surface area contributed by atoms with Gasteiger partial charge in [0.05, 0.1) is 0 Å². The highest BCUT2D eigenvalue weighted by Gasteiger charge is 2.28. The smallest absolute Gasteiger partial charge is 0.408 e. The zero-order valence-corrected chi connectivity index (χ0v) is 12.5. The van der Waals surface area contributed by atoms with E-state index < -0.39 is 23.7 Å². The van der Waals surface area contributed by atoms with Crippen LogP contribution in [0.5, 0.6) is 0 Å². The van der Waals surface area contributed by atoms with E-state index in [1.165, 1.54) is 0 Å². The van der Waals surface area contributed by atoms with Gasteiger partial charge >= 0.3 is 12.1 Å². The molecule has 6 nitrogen and oxygen atoms in total. The fourth-order valence-corrected chi connectivity index (χ4v) is 2.08. The molecular formula is C14H25NO5. The van der Waals surface area contributed by atoms with Gasteiger partial charge in [0.2, 0.25) is 0 Å². The molecule has 0 unspecified atom stereocenters. The molecule has 1 aliphatic rings. The normalized spacial score (nSPS) is 17.6. The monoisotopic (exact) mass is 287 g/mol. The number of aliphatic hydroxyl groups is 1. The van der Waals surface area contributed by atoms with Crippen molar-refractivity contribution in [2.75, 3.05) is 6.61 Å². The van der Waals surface area contributed by atoms with Gasteiger partial charge < -0.3 is 19.9 Å². The van der Waals surface area contributed by atoms with Crippen LogP contribution < -0.4 is 5.32 Å². The van der Waals surface area contributed by atoms with Gasteiger partial charge in [-0.2, -0.15) is 0 Å². The Kier molecular flexibility index (Phi) is 6.26. The minimum absolute atomic E-state index is 0.0656. The lowest BCUT2D eigenvalue weighted by atomic mass is 10.2. The Labute approximate surface area is 119 Å². The second kappa shape index (κ2) is 7.47. The van der Waals surface area contributed by atoms with Crippen LogP contribution in [0, 0.1) is 0 Å². The Morgan fingerprint density at radius 1 is 1.30 bits per heavy atom. The molecule has 0 aromatic carbocycles. The van der Waals surface area contributed by atoms with Gasteiger partial charge in [0.1, 0.15) is 17.7 Å². The molecule has 0 aromatic rings. The molecule has 1 saturated carbocycles. The zero-order valence-electron chi connectivity index (χ0n) is 12.5. The fraction of sp³-hybridized carbons (Fsp3) is 0.857. The summed E-state index contributed by atoms with van der Waals surface area (Å²) in [5, 5.41) is 11.4. The third-order valence-electron chi connectivity index (χ3n) is 2.98. The molecular weight excluding hydrogens is 262 g/mol. The molecule has 0 bridgehead atoms. The number of carbonyl (C=O) groups excluding carboxylic acids is 2. The Morgan fingerprint density at radius 3 is 2.40 bits per heavy atom. The molecule has 1 amide bonds. The van der Waals surface area contributed by atoms with Crippen molar-refractivity contribution in [1.82, 2.24) is 5.32 Å². The lowest BCUT2D eigenvalue weighted by Gasteiger charge is -2.23. The number of aliphatic hydroxyl groups excluding tert-OH is 1. The van der Waals surface area contributed by atoms with Gasteiger partial charge in [-0.15, -0.1) is 0 Å². The highest BCUT2D eigenvalue weighted by atomic mass is 16.6. The second-order valence-electron chi connectivity index (χ2n) is 6.05. The number of alkyl carbamates (subject to hydrolysis) is 1. The maximum Gasteiger partial charge on any atom is 0.408 e. The van der Waals surface area contributed by atoms with Gasteiger partial charge in [0.25, 0.3) is 0 Å². The van der Waals surface area contributed by atoms with Crippen molar-refractivity contribution in [3.8, 4) is 0 Å². The molecule has 1 fully saturated rings. The predicted molar refractivity (Wildman–Crippen MR) is 73.2 cm³/mol. The first-order chi connectivity index (χ1) is 9.31. The lowest BCUT2D eigenvalue weighted by Crippen LogP contribution is -2.45. The molecule has 1 atom stereocenters. The summed E-state index contributed by atoms with van der Waals surface area (Å²) in [6.45, 7) is 5.01. The first-order valence-corrected chi connectivity index (χ1v) is 7.12. The number of carbonyl (C=O) groups is 2. The molecule has 20 heavy (non-hydrogen) atoms. The molecule has 0 aromatic heterocycles. The van der Waals surface area contributed by atoms with Crippen molar-refractivity contribution in [3.63, 3.8) is 0 Å². The summed E-state index contributed by atoms with van der Waals surface area (Å²) in [7, 11) is 0. The number of hydrogen-bond acceptors (Lipinski definition) is 5. The van der Waals surface area contributed by atoms with E-state index >= 15 is 0 Å². The van der Waals surface area contributed by atoms with Crippen LogP contribution in [-0.4, -0.2) is 41.5 Å². The van der Waals surface area contributed by atoms with Gasteiger partial charge in [-0.05, 0) is 46.5 Å². The SMILES string of the molecule is CC(C)(C)OC(=O)N[C@H](CCO)C(=O)OC1CCCC1. The molecule has 2 N–H and O–H groups in total. The van der Waals surface area contributed by atoms with E-state index in [9.17, 15) is 9.59 Å². The maximum absolute atomic E-state index is 12.0. The quantitative estimate of drug-likeness (QED) is 0.752. The van der Waals surface area contributed by atoms with Crippen molar-refractivity contribution >= 4 is 12.1 Å². The van der Waals surface area contributed by atoms with Crippen molar-refractivity contribution in [1.29, 1.82) is 0 Å². The van der Waals surface area contributed by atoms with Gasteiger partial charge in [0, 0.05) is 13.0 Å². The van der Waals surface area contributed by atoms with E-state index in [0.717, 1.165) is 25.7 Å². The van der Waals surface area contributed by atoms with E-state index in [1.807, 2.05) is 0 Å². The molecule has 0 aliphatic heterocycles. The van der Waals surface area contributed by atoms with Gasteiger partial charge in [-0.25, -0.2) is 9.59 Å². The first-order valence-electron chi connectivity index (χ1n) is 7.12. The summed E-state index contributed by atoms with van der Waals surface area (Å²) in [5.41, 5.74) is -0.636. The predicted octanol–water partition coefficient (Wildman–Crippen LogP) is 1.75. The van der Waals surface area contributed by atoms with E-state index in [0.29, 0.717) is 0 Å². The van der Waals surface area contributed by atoms with Crippen LogP contribution in [-0.2, 0) is 14.3 Å². The summed E-state index contributed by atoms with van der Waals surface area (Å²) in [6, 6.07) is -0.865. The van der Waals surface area contributed by atoms with Crippen molar-refractivity contribution < 1.29 is 24.2 Å². The zero-order chi connectivity index (χ0) is 15.2. The van der Waals surface area contributed by atoms with Gasteiger partial charge in [-0.1, -0.05) is 0 Å². The van der Waals surface area contributed by atoms with Crippen LogP contribution >= 0.6 is 0 Å². The molecule has 6 heteroatoms. The van der Waals surface area contributed by atoms with E-state index in [1.54, 1.807) is 20.8 Å². The third kappa shape index (κ3) is 6.23. The fourth-order valence-electron chi connectivity index (χ4n) is 2.08. The van der Waals surface area contributed by atoms with Gasteiger partial charge in [0.15, 0.2) is 0 Å². The molecule has 1 rings (SSSR count). The lowest BCUT2D eigenvalue weighted by molar-refractivity contribution is -0.151. The van der Waals surface area contributed by atoms with E-state index in [2.05, 4.69) is 5.32 Å². The number of ether oxygens (including phenoxy) is 2. The Balaban J connectivity index is 2.49. The molecule has 0 spiro atoms. The van der Waals surface area contributed by atoms with Crippen LogP contribution in [0.1, 0.15) is 52.9 Å². The highest BCUT2D eigenvalue weighted by molar-refractivity contribution is 5.81. The Bertz CT molecular complexity index is 331. The second-order valence-corrected chi connectivity index (χ2v) is 6.05. The Hall–Kier alpha value is -1.30. The molecule has 116 valence electrons. The number of nitrogens with one attached hydrogen (secondary N) is 1. The summed E-state index contributed by atoms with van der Waals surface area (Å²) in [4.78, 5) is 23.6. The van der Waals surface area contributed by atoms with E-state index in [-0.39, 0.29) is 19.1 Å². The van der Waals surface area contributed by atoms with Crippen molar-refractivity contribution in [2.24, 2.45) is 0 Å². The minimum atomic E-state index is -0.865. The first kappa shape index (κ1) is 16.8. The van der Waals surface area contributed by atoms with Crippen LogP contribution in [0.25, 0.3) is 0 Å². The topological polar surface area (TPSA) is 84.9 Å². The van der Waals surface area contributed by atoms with Crippen molar-refractivity contribution in [3.05, 3.63) is 0 Å². The van der Waals surface area contributed by atoms with Crippen LogP contribution in [0.4, 0.5) is 4.79 Å². The summed E-state index contributed by atoms with van der Waals surface area (Å²) in [5.74, 6) is -0.503. The average Bonchev–Trinajstić information content (AvgIpc) is 2.78. The largest absolute Gasteiger partial charge is 0.461 e. The summed E-state index contributed by atoms with van der Waals surface area (Å²) >= 11 is 0. The molecule has 1 aliphatic carbocycles. The number of rotatable bonds is 5. The third-order valence-corrected chi connectivity index (χ3v) is 2.98. The van der Waals surface area contributed by atoms with Crippen LogP contribution in [0.3, 0.4) is 0 Å². The number of esters is 1. The van der Waals surface area contributed by atoms with Gasteiger partial charge in [-0.3, -0.25) is 0 Å². The number of amides is 1. The maximum atomic E-state index is 12.0. The minimum Gasteiger partial charge on any atom is -0.461 e. The summed E-state index contributed by atoms with van der Waals surface area (Å²) < 4.78 is 10.4. The van der Waals surface area contributed by atoms with E-state index in [4.69, 9.17) is 14.6 Å². The highest BCUT2D eigenvalue weighted by Crippen LogP contribution is 2.21. The van der Waals surface area contributed by atoms with Crippen LogP contribution in [0.15, 0.2) is 0 Å². The molecule has 0 saturated heterocycles. The van der Waals surface area contributed by atoms with Crippen LogP contribution in [0.2, 0.25) is 0 Å². The summed E-state index contributed by atoms with van der Waals surface area (Å²) in [6.07, 6.45) is 3.21. The standard InChI is InChI=1S/C14H25NO5/c1-14(2,3)20-13(18)15-11(8-9-16)12(17)19-10-6-4-5-7-10/h10-11,16H,4-9H2,1-3H3,(H,15,18)/t11-/m1/s1. The number of hydrogen-bond donors (Lipinski definition) is 2. The van der Waals surface area contributed by atoms with Crippen molar-refractivity contribution in [2.45, 2.75) is 70.6 Å². The molecule has 0 radical (unpaired) electrons. The molecule has 0 heterocycles. The Morgan fingerprint density at radius 2 is 1.90 bits per heavy atom.